The minimum atomic E-state index is -0.390. The number of ether oxygens (including phenoxy) is 1. The number of esters is 1. The summed E-state index contributed by atoms with van der Waals surface area (Å²) in [5.74, 6) is -0.161. The number of aromatic hydroxyl groups is 1. The molecule has 0 radical (unpaired) electrons. The number of phenolic OH excluding ortho intramolecular Hbond substituents is 1. The fourth-order valence-corrected chi connectivity index (χ4v) is 2.08. The number of aryl methyl sites for hydroxylation is 1. The molecule has 2 rings (SSSR count). The number of carbonyl (C=O) groups excluding carboxylic acids is 1. The van der Waals surface area contributed by atoms with E-state index in [4.69, 9.17) is 0 Å². The van der Waals surface area contributed by atoms with Crippen LogP contribution in [0, 0.1) is 0 Å². The van der Waals surface area contributed by atoms with Crippen molar-refractivity contribution in [1.29, 1.82) is 0 Å². The molecule has 3 heteroatoms. The number of rotatable bonds is 1. The lowest BCUT2D eigenvalue weighted by atomic mass is 9.89. The van der Waals surface area contributed by atoms with E-state index < -0.39 is 5.97 Å². The summed E-state index contributed by atoms with van der Waals surface area (Å²) in [4.78, 5) is 11.3. The third-order valence-electron chi connectivity index (χ3n) is 2.86. The van der Waals surface area contributed by atoms with Crippen molar-refractivity contribution >= 4 is 5.97 Å². The van der Waals surface area contributed by atoms with Gasteiger partial charge in [0.2, 0.25) is 0 Å². The van der Waals surface area contributed by atoms with Crippen LogP contribution in [-0.2, 0) is 17.6 Å². The monoisotopic (exact) mass is 206 g/mol. The van der Waals surface area contributed by atoms with Gasteiger partial charge in [0.05, 0.1) is 12.7 Å². The summed E-state index contributed by atoms with van der Waals surface area (Å²) in [5, 5.41) is 9.77. The van der Waals surface area contributed by atoms with Crippen LogP contribution in [0.2, 0.25) is 0 Å². The first-order chi connectivity index (χ1) is 7.22. The third kappa shape index (κ3) is 1.82. The van der Waals surface area contributed by atoms with Crippen LogP contribution >= 0.6 is 0 Å². The van der Waals surface area contributed by atoms with Gasteiger partial charge in [0.25, 0.3) is 0 Å². The molecular formula is C12H14O3. The van der Waals surface area contributed by atoms with E-state index >= 15 is 0 Å². The standard InChI is InChI=1S/C12H14O3/c1-15-12(14)9-6-8-4-2-3-5-10(8)11(13)7-9/h6-7,13H,2-5H2,1H3. The van der Waals surface area contributed by atoms with Gasteiger partial charge in [-0.05, 0) is 48.9 Å². The van der Waals surface area contributed by atoms with Crippen LogP contribution in [-0.4, -0.2) is 18.2 Å². The molecule has 15 heavy (non-hydrogen) atoms. The predicted molar refractivity (Wildman–Crippen MR) is 56.1 cm³/mol. The molecule has 1 aromatic carbocycles. The summed E-state index contributed by atoms with van der Waals surface area (Å²) in [6.07, 6.45) is 4.07. The normalized spacial score (nSPS) is 14.5. The van der Waals surface area contributed by atoms with Crippen molar-refractivity contribution in [3.05, 3.63) is 28.8 Å². The maximum atomic E-state index is 11.3. The van der Waals surface area contributed by atoms with Crippen LogP contribution in [0.25, 0.3) is 0 Å². The minimum Gasteiger partial charge on any atom is -0.508 e. The molecule has 0 spiro atoms. The number of carbonyl (C=O) groups is 1. The lowest BCUT2D eigenvalue weighted by Gasteiger charge is -2.17. The van der Waals surface area contributed by atoms with Crippen molar-refractivity contribution in [2.75, 3.05) is 7.11 Å². The number of methoxy groups -OCH3 is 1. The Labute approximate surface area is 88.7 Å². The summed E-state index contributed by atoms with van der Waals surface area (Å²) in [5.41, 5.74) is 2.52. The average molecular weight is 206 g/mol. The number of fused-ring (bicyclic) bond motifs is 1. The SMILES string of the molecule is COC(=O)c1cc(O)c2c(c1)CCCC2. The Balaban J connectivity index is 2.45. The Kier molecular flexibility index (Phi) is 2.62. The first-order valence-electron chi connectivity index (χ1n) is 5.15. The maximum Gasteiger partial charge on any atom is 0.337 e. The van der Waals surface area contributed by atoms with Crippen LogP contribution in [0.4, 0.5) is 0 Å². The van der Waals surface area contributed by atoms with Crippen molar-refractivity contribution < 1.29 is 14.6 Å². The summed E-state index contributed by atoms with van der Waals surface area (Å²) in [7, 11) is 1.35. The molecule has 0 saturated heterocycles. The lowest BCUT2D eigenvalue weighted by molar-refractivity contribution is 0.0600. The predicted octanol–water partition coefficient (Wildman–Crippen LogP) is 2.06. The van der Waals surface area contributed by atoms with Gasteiger partial charge in [-0.15, -0.1) is 0 Å². The second-order valence-electron chi connectivity index (χ2n) is 3.83. The second-order valence-corrected chi connectivity index (χ2v) is 3.83. The molecule has 0 saturated carbocycles. The largest absolute Gasteiger partial charge is 0.508 e. The van der Waals surface area contributed by atoms with E-state index in [2.05, 4.69) is 4.74 Å². The Hall–Kier alpha value is -1.51. The fraction of sp³-hybridized carbons (Fsp3) is 0.417. The first kappa shape index (κ1) is 10.0. The Morgan fingerprint density at radius 3 is 2.80 bits per heavy atom. The molecular weight excluding hydrogens is 192 g/mol. The maximum absolute atomic E-state index is 11.3. The van der Waals surface area contributed by atoms with Crippen molar-refractivity contribution in [2.45, 2.75) is 25.7 Å². The van der Waals surface area contributed by atoms with E-state index in [1.807, 2.05) is 6.07 Å². The van der Waals surface area contributed by atoms with Crippen molar-refractivity contribution in [2.24, 2.45) is 0 Å². The Morgan fingerprint density at radius 1 is 1.33 bits per heavy atom. The zero-order valence-electron chi connectivity index (χ0n) is 8.75. The zero-order valence-corrected chi connectivity index (χ0v) is 8.75. The van der Waals surface area contributed by atoms with Crippen molar-refractivity contribution in [1.82, 2.24) is 0 Å². The molecule has 80 valence electrons. The van der Waals surface area contributed by atoms with Gasteiger partial charge in [0.1, 0.15) is 5.75 Å². The van der Waals surface area contributed by atoms with E-state index in [1.165, 1.54) is 13.2 Å². The quantitative estimate of drug-likeness (QED) is 0.715. The molecule has 0 fully saturated rings. The van der Waals surface area contributed by atoms with Gasteiger partial charge in [-0.1, -0.05) is 0 Å². The van der Waals surface area contributed by atoms with E-state index in [0.717, 1.165) is 36.8 Å². The van der Waals surface area contributed by atoms with E-state index in [1.54, 1.807) is 0 Å². The van der Waals surface area contributed by atoms with Gasteiger partial charge in [-0.3, -0.25) is 0 Å². The highest BCUT2D eigenvalue weighted by molar-refractivity contribution is 5.90. The lowest BCUT2D eigenvalue weighted by Crippen LogP contribution is -2.07. The number of benzene rings is 1. The number of phenols is 1. The molecule has 0 unspecified atom stereocenters. The molecule has 1 aliphatic rings. The van der Waals surface area contributed by atoms with E-state index in [9.17, 15) is 9.90 Å². The van der Waals surface area contributed by atoms with Crippen molar-refractivity contribution in [3.8, 4) is 5.75 Å². The molecule has 1 N–H and O–H groups in total. The molecule has 3 nitrogen and oxygen atoms in total. The molecule has 0 aliphatic heterocycles. The molecule has 0 amide bonds. The molecule has 0 heterocycles. The summed E-state index contributed by atoms with van der Waals surface area (Å²) in [6, 6.07) is 3.33. The minimum absolute atomic E-state index is 0.229. The Bertz CT molecular complexity index is 396. The van der Waals surface area contributed by atoms with Crippen LogP contribution in [0.15, 0.2) is 12.1 Å². The number of hydrogen-bond donors (Lipinski definition) is 1. The van der Waals surface area contributed by atoms with E-state index in [-0.39, 0.29) is 5.75 Å². The molecule has 0 bridgehead atoms. The highest BCUT2D eigenvalue weighted by Crippen LogP contribution is 2.30. The van der Waals surface area contributed by atoms with Crippen LogP contribution in [0.3, 0.4) is 0 Å². The average Bonchev–Trinajstić information content (AvgIpc) is 2.28. The van der Waals surface area contributed by atoms with Crippen LogP contribution in [0.5, 0.6) is 5.75 Å². The van der Waals surface area contributed by atoms with Crippen LogP contribution in [0.1, 0.15) is 34.3 Å². The topological polar surface area (TPSA) is 46.5 Å². The Morgan fingerprint density at radius 2 is 2.07 bits per heavy atom. The molecule has 0 aromatic heterocycles. The fourth-order valence-electron chi connectivity index (χ4n) is 2.08. The van der Waals surface area contributed by atoms with Gasteiger partial charge in [-0.2, -0.15) is 0 Å². The van der Waals surface area contributed by atoms with Gasteiger partial charge in [0, 0.05) is 0 Å². The summed E-state index contributed by atoms with van der Waals surface area (Å²) in [6.45, 7) is 0. The summed E-state index contributed by atoms with van der Waals surface area (Å²) >= 11 is 0. The first-order valence-corrected chi connectivity index (χ1v) is 5.15. The van der Waals surface area contributed by atoms with Gasteiger partial charge in [0.15, 0.2) is 0 Å². The molecule has 0 atom stereocenters. The zero-order chi connectivity index (χ0) is 10.8. The highest BCUT2D eigenvalue weighted by atomic mass is 16.5. The number of hydrogen-bond acceptors (Lipinski definition) is 3. The summed E-state index contributed by atoms with van der Waals surface area (Å²) < 4.78 is 4.63. The van der Waals surface area contributed by atoms with Crippen LogP contribution < -0.4 is 0 Å². The highest BCUT2D eigenvalue weighted by Gasteiger charge is 2.17. The van der Waals surface area contributed by atoms with E-state index in [0.29, 0.717) is 5.56 Å². The van der Waals surface area contributed by atoms with Gasteiger partial charge in [-0.25, -0.2) is 4.79 Å². The van der Waals surface area contributed by atoms with Gasteiger partial charge < -0.3 is 9.84 Å². The van der Waals surface area contributed by atoms with Crippen molar-refractivity contribution in [3.63, 3.8) is 0 Å². The molecule has 1 aromatic rings. The third-order valence-corrected chi connectivity index (χ3v) is 2.86. The smallest absolute Gasteiger partial charge is 0.337 e. The second kappa shape index (κ2) is 3.93. The van der Waals surface area contributed by atoms with Gasteiger partial charge >= 0.3 is 5.97 Å². The molecule has 1 aliphatic carbocycles.